The number of halogens is 1. The summed E-state index contributed by atoms with van der Waals surface area (Å²) in [6.45, 7) is -0.340. The van der Waals surface area contributed by atoms with Gasteiger partial charge in [0, 0.05) is 6.42 Å². The molecule has 0 heterocycles. The molecule has 35 valence electrons. The first kappa shape index (κ1) is 4.06. The molecule has 1 saturated carbocycles. The molecule has 1 N–H and O–H groups in total. The van der Waals surface area contributed by atoms with Crippen molar-refractivity contribution in [3.63, 3.8) is 0 Å². The molecule has 0 aromatic rings. The summed E-state index contributed by atoms with van der Waals surface area (Å²) in [5, 5.41) is 8.06. The Morgan fingerprint density at radius 3 is 2.50 bits per heavy atom. The molecule has 0 amide bonds. The Balaban J connectivity index is 2.28. The Labute approximate surface area is 35.8 Å². The second kappa shape index (κ2) is 0.936. The van der Waals surface area contributed by atoms with E-state index in [1.54, 1.807) is 0 Å². The lowest BCUT2D eigenvalue weighted by Gasteiger charge is -1.91. The fourth-order valence-corrected chi connectivity index (χ4v) is 0.240. The van der Waals surface area contributed by atoms with Crippen LogP contribution in [-0.2, 0) is 0 Å². The molecule has 1 rings (SSSR count). The van der Waals surface area contributed by atoms with Crippen molar-refractivity contribution in [2.45, 2.75) is 12.1 Å². The summed E-state index contributed by atoms with van der Waals surface area (Å²) < 4.78 is 11.9. The molecular formula is C4H6FO. The van der Waals surface area contributed by atoms with Crippen LogP contribution in [0.5, 0.6) is 0 Å². The predicted molar refractivity (Wildman–Crippen MR) is 19.8 cm³/mol. The van der Waals surface area contributed by atoms with Crippen LogP contribution in [0.1, 0.15) is 6.42 Å². The van der Waals surface area contributed by atoms with E-state index in [0.29, 0.717) is 6.42 Å². The second-order valence-electron chi connectivity index (χ2n) is 1.60. The molecule has 1 atom stereocenters. The van der Waals surface area contributed by atoms with E-state index < -0.39 is 5.67 Å². The molecule has 0 aromatic heterocycles. The second-order valence-corrected chi connectivity index (χ2v) is 1.60. The Kier molecular flexibility index (Phi) is 0.634. The van der Waals surface area contributed by atoms with E-state index in [9.17, 15) is 4.39 Å². The van der Waals surface area contributed by atoms with Crippen LogP contribution < -0.4 is 0 Å². The first-order valence-corrected chi connectivity index (χ1v) is 1.91. The standard InChI is InChI=1S/C4H6FO/c5-4(3-6)1-2-4/h1,6H,2-3H2/t4-/m0/s1. The van der Waals surface area contributed by atoms with Gasteiger partial charge in [-0.25, -0.2) is 4.39 Å². The summed E-state index contributed by atoms with van der Waals surface area (Å²) in [4.78, 5) is 0. The van der Waals surface area contributed by atoms with Crippen molar-refractivity contribution in [3.05, 3.63) is 6.42 Å². The van der Waals surface area contributed by atoms with Crippen molar-refractivity contribution in [1.29, 1.82) is 0 Å². The molecule has 1 aliphatic carbocycles. The zero-order valence-corrected chi connectivity index (χ0v) is 3.32. The third kappa shape index (κ3) is 0.522. The van der Waals surface area contributed by atoms with Crippen molar-refractivity contribution in [1.82, 2.24) is 0 Å². The maximum absolute atomic E-state index is 11.9. The van der Waals surface area contributed by atoms with E-state index in [1.807, 2.05) is 0 Å². The molecular weight excluding hydrogens is 83.0 g/mol. The lowest BCUT2D eigenvalue weighted by molar-refractivity contribution is 0.169. The third-order valence-corrected chi connectivity index (χ3v) is 0.910. The molecule has 1 fully saturated rings. The molecule has 1 radical (unpaired) electrons. The topological polar surface area (TPSA) is 20.2 Å². The minimum Gasteiger partial charge on any atom is -0.393 e. The maximum atomic E-state index is 11.9. The number of alkyl halides is 1. The lowest BCUT2D eigenvalue weighted by Crippen LogP contribution is -2.04. The van der Waals surface area contributed by atoms with Gasteiger partial charge < -0.3 is 5.11 Å². The normalized spacial score (nSPS) is 27.0. The van der Waals surface area contributed by atoms with Gasteiger partial charge in [0.05, 0.1) is 6.61 Å². The molecule has 1 nitrogen and oxygen atoms in total. The Bertz CT molecular complexity index is 58.6. The fraction of sp³-hybridized carbons (Fsp3) is 0.750. The first-order chi connectivity index (χ1) is 2.77. The van der Waals surface area contributed by atoms with Gasteiger partial charge in [0.1, 0.15) is 5.67 Å². The van der Waals surface area contributed by atoms with Crippen molar-refractivity contribution in [3.8, 4) is 0 Å². The van der Waals surface area contributed by atoms with Gasteiger partial charge in [-0.05, 0) is 6.42 Å². The summed E-state index contributed by atoms with van der Waals surface area (Å²) in [5.41, 5.74) is -1.28. The van der Waals surface area contributed by atoms with Crippen molar-refractivity contribution in [2.75, 3.05) is 6.61 Å². The molecule has 0 aromatic carbocycles. The summed E-state index contributed by atoms with van der Waals surface area (Å²) in [5.74, 6) is 0. The van der Waals surface area contributed by atoms with Crippen molar-refractivity contribution < 1.29 is 9.50 Å². The van der Waals surface area contributed by atoms with Crippen LogP contribution in [-0.4, -0.2) is 17.4 Å². The van der Waals surface area contributed by atoms with E-state index in [0.717, 1.165) is 0 Å². The average molecular weight is 89.1 g/mol. The minimum absolute atomic E-state index is 0.340. The zero-order chi connectivity index (χ0) is 4.62. The van der Waals surface area contributed by atoms with Crippen molar-refractivity contribution in [2.24, 2.45) is 0 Å². The van der Waals surface area contributed by atoms with Crippen LogP contribution in [0.25, 0.3) is 0 Å². The van der Waals surface area contributed by atoms with Crippen LogP contribution in [0.4, 0.5) is 4.39 Å². The summed E-state index contributed by atoms with van der Waals surface area (Å²) in [6, 6.07) is 0. The van der Waals surface area contributed by atoms with Gasteiger partial charge in [0.15, 0.2) is 0 Å². The highest BCUT2D eigenvalue weighted by molar-refractivity contribution is 5.12. The van der Waals surface area contributed by atoms with E-state index in [-0.39, 0.29) is 6.61 Å². The SMILES string of the molecule is OC[C@]1(F)[CH]C1. The predicted octanol–water partition coefficient (Wildman–Crippen LogP) is 0.295. The van der Waals surface area contributed by atoms with Crippen LogP contribution in [0.15, 0.2) is 0 Å². The molecule has 1 aliphatic rings. The average Bonchev–Trinajstić information content (AvgIpc) is 2.22. The highest BCUT2D eigenvalue weighted by Crippen LogP contribution is 2.37. The quantitative estimate of drug-likeness (QED) is 0.489. The van der Waals surface area contributed by atoms with Gasteiger partial charge in [0.25, 0.3) is 0 Å². The van der Waals surface area contributed by atoms with Crippen LogP contribution in [0.3, 0.4) is 0 Å². The molecule has 0 unspecified atom stereocenters. The van der Waals surface area contributed by atoms with Gasteiger partial charge in [-0.2, -0.15) is 0 Å². The first-order valence-electron chi connectivity index (χ1n) is 1.91. The van der Waals surface area contributed by atoms with E-state index in [1.165, 1.54) is 6.42 Å². The van der Waals surface area contributed by atoms with E-state index >= 15 is 0 Å². The van der Waals surface area contributed by atoms with Crippen LogP contribution >= 0.6 is 0 Å². The van der Waals surface area contributed by atoms with Gasteiger partial charge in [-0.3, -0.25) is 0 Å². The number of hydrogen-bond donors (Lipinski definition) is 1. The largest absolute Gasteiger partial charge is 0.393 e. The maximum Gasteiger partial charge on any atom is 0.137 e. The summed E-state index contributed by atoms with van der Waals surface area (Å²) in [6.07, 6.45) is 1.89. The minimum atomic E-state index is -1.28. The van der Waals surface area contributed by atoms with E-state index in [2.05, 4.69) is 0 Å². The Morgan fingerprint density at radius 1 is 2.00 bits per heavy atom. The van der Waals surface area contributed by atoms with Gasteiger partial charge in [0.2, 0.25) is 0 Å². The molecule has 0 bridgehead atoms. The van der Waals surface area contributed by atoms with E-state index in [4.69, 9.17) is 5.11 Å². The Hall–Kier alpha value is -0.110. The highest BCUT2D eigenvalue weighted by atomic mass is 19.1. The molecule has 0 spiro atoms. The smallest absolute Gasteiger partial charge is 0.137 e. The highest BCUT2D eigenvalue weighted by Gasteiger charge is 2.42. The summed E-state index contributed by atoms with van der Waals surface area (Å²) >= 11 is 0. The number of aliphatic hydroxyl groups is 1. The van der Waals surface area contributed by atoms with Gasteiger partial charge >= 0.3 is 0 Å². The van der Waals surface area contributed by atoms with Crippen LogP contribution in [0, 0.1) is 6.42 Å². The lowest BCUT2D eigenvalue weighted by atomic mass is 10.4. The van der Waals surface area contributed by atoms with Crippen LogP contribution in [0.2, 0.25) is 0 Å². The van der Waals surface area contributed by atoms with Gasteiger partial charge in [-0.15, -0.1) is 0 Å². The Morgan fingerprint density at radius 2 is 2.50 bits per heavy atom. The van der Waals surface area contributed by atoms with Crippen molar-refractivity contribution >= 4 is 0 Å². The molecule has 2 heteroatoms. The summed E-state index contributed by atoms with van der Waals surface area (Å²) in [7, 11) is 0. The molecule has 0 aliphatic heterocycles. The van der Waals surface area contributed by atoms with Gasteiger partial charge in [-0.1, -0.05) is 0 Å². The zero-order valence-electron chi connectivity index (χ0n) is 3.32. The number of aliphatic hydroxyl groups excluding tert-OH is 1. The monoisotopic (exact) mass is 89.0 g/mol. The molecule has 0 saturated heterocycles. The number of rotatable bonds is 1. The fourth-order valence-electron chi connectivity index (χ4n) is 0.240. The molecule has 6 heavy (non-hydrogen) atoms. The third-order valence-electron chi connectivity index (χ3n) is 0.910. The number of hydrogen-bond acceptors (Lipinski definition) is 1.